The molecular formula is C24H25N3O6. The molecule has 0 aliphatic rings. The zero-order chi connectivity index (χ0) is 24.0. The summed E-state index contributed by atoms with van der Waals surface area (Å²) in [5.41, 5.74) is -0.596. The molecule has 0 unspecified atom stereocenters. The number of benzene rings is 2. The number of amides is 1. The topological polar surface area (TPSA) is 109 Å². The van der Waals surface area contributed by atoms with E-state index in [9.17, 15) is 14.4 Å². The highest BCUT2D eigenvalue weighted by molar-refractivity contribution is 5.86. The zero-order valence-corrected chi connectivity index (χ0v) is 18.8. The number of rotatable bonds is 7. The van der Waals surface area contributed by atoms with Crippen molar-refractivity contribution in [3.8, 4) is 11.5 Å². The number of nitrogens with zero attached hydrogens (tertiary/aromatic N) is 2. The molecule has 0 saturated heterocycles. The second-order valence-electron chi connectivity index (χ2n) is 7.66. The molecule has 2 aromatic carbocycles. The predicted octanol–water partition coefficient (Wildman–Crippen LogP) is 3.63. The fourth-order valence-electron chi connectivity index (χ4n) is 3.11. The van der Waals surface area contributed by atoms with Crippen LogP contribution in [0, 0.1) is 0 Å². The first-order valence-electron chi connectivity index (χ1n) is 10.1. The summed E-state index contributed by atoms with van der Waals surface area (Å²) in [4.78, 5) is 41.8. The molecule has 1 heterocycles. The number of carbonyl (C=O) groups excluding carboxylic acids is 2. The van der Waals surface area contributed by atoms with E-state index >= 15 is 0 Å². The van der Waals surface area contributed by atoms with Gasteiger partial charge in [-0.25, -0.2) is 14.3 Å². The molecule has 3 rings (SSSR count). The summed E-state index contributed by atoms with van der Waals surface area (Å²) in [5.74, 6) is 0.599. The van der Waals surface area contributed by atoms with Crippen molar-refractivity contribution in [3.05, 3.63) is 82.5 Å². The van der Waals surface area contributed by atoms with Crippen molar-refractivity contribution >= 4 is 17.7 Å². The highest BCUT2D eigenvalue weighted by Gasteiger charge is 2.27. The van der Waals surface area contributed by atoms with Crippen LogP contribution in [-0.4, -0.2) is 35.8 Å². The van der Waals surface area contributed by atoms with Crippen molar-refractivity contribution < 1.29 is 23.8 Å². The summed E-state index contributed by atoms with van der Waals surface area (Å²) in [7, 11) is 3.04. The van der Waals surface area contributed by atoms with E-state index in [0.29, 0.717) is 17.1 Å². The van der Waals surface area contributed by atoms with Crippen molar-refractivity contribution in [2.75, 3.05) is 19.5 Å². The van der Waals surface area contributed by atoms with Gasteiger partial charge in [0, 0.05) is 11.6 Å². The van der Waals surface area contributed by atoms with Gasteiger partial charge in [0.2, 0.25) is 5.91 Å². The molecule has 3 aromatic rings. The molecule has 0 aliphatic heterocycles. The third-order valence-corrected chi connectivity index (χ3v) is 4.93. The summed E-state index contributed by atoms with van der Waals surface area (Å²) in [5, 5.41) is 2.38. The number of methoxy groups -OCH3 is 2. The summed E-state index contributed by atoms with van der Waals surface area (Å²) in [6.07, 6.45) is 1.42. The molecule has 1 amide bonds. The van der Waals surface area contributed by atoms with Crippen LogP contribution in [0.4, 0.5) is 10.5 Å². The Kier molecular flexibility index (Phi) is 7.12. The minimum atomic E-state index is -1.09. The van der Waals surface area contributed by atoms with Crippen LogP contribution < -0.4 is 20.3 Å². The van der Waals surface area contributed by atoms with Gasteiger partial charge in [0.25, 0.3) is 5.56 Å². The number of aromatic nitrogens is 2. The Labute approximate surface area is 190 Å². The molecule has 0 saturated carbocycles. The van der Waals surface area contributed by atoms with Gasteiger partial charge in [-0.2, -0.15) is 0 Å². The smallest absolute Gasteiger partial charge is 0.412 e. The Morgan fingerprint density at radius 3 is 2.27 bits per heavy atom. The number of hydrogen-bond donors (Lipinski definition) is 1. The maximum atomic E-state index is 12.7. The highest BCUT2D eigenvalue weighted by atomic mass is 16.6. The summed E-state index contributed by atoms with van der Waals surface area (Å²) in [6.45, 7) is 3.37. The normalized spacial score (nSPS) is 10.9. The molecule has 0 radical (unpaired) electrons. The Hall–Kier alpha value is -4.14. The van der Waals surface area contributed by atoms with Crippen LogP contribution in [0.15, 0.2) is 65.8 Å². The van der Waals surface area contributed by atoms with Gasteiger partial charge < -0.3 is 14.2 Å². The molecule has 1 aromatic heterocycles. The fraction of sp³-hybridized carbons (Fsp3) is 0.250. The van der Waals surface area contributed by atoms with E-state index in [4.69, 9.17) is 14.2 Å². The fourth-order valence-corrected chi connectivity index (χ4v) is 3.11. The van der Waals surface area contributed by atoms with Crippen molar-refractivity contribution in [1.82, 2.24) is 9.55 Å². The lowest BCUT2D eigenvalue weighted by Gasteiger charge is -2.26. The molecule has 172 valence electrons. The first-order valence-corrected chi connectivity index (χ1v) is 10.1. The van der Waals surface area contributed by atoms with E-state index in [1.165, 1.54) is 14.2 Å². The maximum absolute atomic E-state index is 12.7. The van der Waals surface area contributed by atoms with Gasteiger partial charge in [0.05, 0.1) is 26.8 Å². The van der Waals surface area contributed by atoms with Gasteiger partial charge in [-0.05, 0) is 31.5 Å². The maximum Gasteiger partial charge on any atom is 0.412 e. The summed E-state index contributed by atoms with van der Waals surface area (Å²) < 4.78 is 17.0. The second-order valence-corrected chi connectivity index (χ2v) is 7.66. The third kappa shape index (κ3) is 5.76. The monoisotopic (exact) mass is 451 g/mol. The standard InChI is InChI=1S/C24H25N3O6/c1-24(2,17-11-18(31-3)13-19(12-17)32-4)33-23(30)26-20-14-25-15-27(22(20)29)21(28)10-16-8-6-5-7-9-16/h5-9,11-15H,10H2,1-4H3,(H,26,30). The number of hydrogen-bond acceptors (Lipinski definition) is 7. The molecule has 0 aliphatic carbocycles. The number of ether oxygens (including phenoxy) is 3. The van der Waals surface area contributed by atoms with Crippen LogP contribution in [0.1, 0.15) is 29.8 Å². The SMILES string of the molecule is COc1cc(OC)cc(C(C)(C)OC(=O)Nc2cncn(C(=O)Cc3ccccc3)c2=O)c1. The highest BCUT2D eigenvalue weighted by Crippen LogP contribution is 2.32. The van der Waals surface area contributed by atoms with E-state index in [-0.39, 0.29) is 12.1 Å². The Morgan fingerprint density at radius 2 is 1.67 bits per heavy atom. The summed E-state index contributed by atoms with van der Waals surface area (Å²) >= 11 is 0. The van der Waals surface area contributed by atoms with Crippen molar-refractivity contribution in [2.45, 2.75) is 25.9 Å². The molecule has 1 N–H and O–H groups in total. The van der Waals surface area contributed by atoms with Crippen LogP contribution in [0.2, 0.25) is 0 Å². The van der Waals surface area contributed by atoms with Crippen LogP contribution in [0.5, 0.6) is 11.5 Å². The zero-order valence-electron chi connectivity index (χ0n) is 18.8. The minimum absolute atomic E-state index is 0.0149. The lowest BCUT2D eigenvalue weighted by atomic mass is 9.97. The van der Waals surface area contributed by atoms with Crippen LogP contribution in [0.3, 0.4) is 0 Å². The quantitative estimate of drug-likeness (QED) is 0.584. The third-order valence-electron chi connectivity index (χ3n) is 4.93. The average Bonchev–Trinajstić information content (AvgIpc) is 2.80. The second kappa shape index (κ2) is 9.99. The van der Waals surface area contributed by atoms with Crippen LogP contribution >= 0.6 is 0 Å². The Balaban J connectivity index is 1.76. The Morgan fingerprint density at radius 1 is 1.03 bits per heavy atom. The van der Waals surface area contributed by atoms with Gasteiger partial charge in [0.1, 0.15) is 29.1 Å². The van der Waals surface area contributed by atoms with E-state index in [1.807, 2.05) is 6.07 Å². The van der Waals surface area contributed by atoms with Crippen molar-refractivity contribution in [1.29, 1.82) is 0 Å². The molecule has 0 fully saturated rings. The molecule has 0 atom stereocenters. The average molecular weight is 451 g/mol. The lowest BCUT2D eigenvalue weighted by molar-refractivity contribution is 0.0462. The number of carbonyl (C=O) groups is 2. The van der Waals surface area contributed by atoms with E-state index < -0.39 is 23.2 Å². The molecule has 0 spiro atoms. The van der Waals surface area contributed by atoms with Gasteiger partial charge in [0.15, 0.2) is 0 Å². The lowest BCUT2D eigenvalue weighted by Crippen LogP contribution is -2.33. The molecule has 9 nitrogen and oxygen atoms in total. The van der Waals surface area contributed by atoms with E-state index in [2.05, 4.69) is 10.3 Å². The molecule has 33 heavy (non-hydrogen) atoms. The predicted molar refractivity (Wildman–Crippen MR) is 122 cm³/mol. The van der Waals surface area contributed by atoms with Gasteiger partial charge in [-0.3, -0.25) is 14.9 Å². The number of anilines is 1. The number of nitrogens with one attached hydrogen (secondary N) is 1. The molecule has 9 heteroatoms. The minimum Gasteiger partial charge on any atom is -0.497 e. The van der Waals surface area contributed by atoms with Crippen molar-refractivity contribution in [2.24, 2.45) is 0 Å². The largest absolute Gasteiger partial charge is 0.497 e. The first kappa shape index (κ1) is 23.5. The van der Waals surface area contributed by atoms with E-state index in [0.717, 1.165) is 22.7 Å². The van der Waals surface area contributed by atoms with Crippen molar-refractivity contribution in [3.63, 3.8) is 0 Å². The van der Waals surface area contributed by atoms with Gasteiger partial charge in [-0.15, -0.1) is 0 Å². The molecule has 0 bridgehead atoms. The summed E-state index contributed by atoms with van der Waals surface area (Å²) in [6, 6.07) is 14.1. The van der Waals surface area contributed by atoms with Crippen LogP contribution in [0.25, 0.3) is 0 Å². The first-order chi connectivity index (χ1) is 15.7. The van der Waals surface area contributed by atoms with E-state index in [1.54, 1.807) is 56.3 Å². The van der Waals surface area contributed by atoms with Gasteiger partial charge in [-0.1, -0.05) is 30.3 Å². The van der Waals surface area contributed by atoms with Crippen LogP contribution in [-0.2, 0) is 16.8 Å². The van der Waals surface area contributed by atoms with Gasteiger partial charge >= 0.3 is 6.09 Å². The molecular weight excluding hydrogens is 426 g/mol. The Bertz CT molecular complexity index is 1180.